The van der Waals surface area contributed by atoms with Gasteiger partial charge in [-0.25, -0.2) is 13.8 Å². The maximum Gasteiger partial charge on any atom is 0.191 e. The lowest BCUT2D eigenvalue weighted by atomic mass is 10.2. The zero-order valence-electron chi connectivity index (χ0n) is 13.2. The van der Waals surface area contributed by atoms with Crippen LogP contribution < -0.4 is 10.6 Å². The van der Waals surface area contributed by atoms with Crippen LogP contribution in [0.15, 0.2) is 33.8 Å². The van der Waals surface area contributed by atoms with E-state index in [1.165, 1.54) is 0 Å². The first kappa shape index (κ1) is 16.9. The number of benzene rings is 1. The third kappa shape index (κ3) is 5.05. The van der Waals surface area contributed by atoms with Crippen LogP contribution in [-0.2, 0) is 19.5 Å². The fourth-order valence-corrected chi connectivity index (χ4v) is 1.95. The Labute approximate surface area is 133 Å². The van der Waals surface area contributed by atoms with Crippen molar-refractivity contribution in [3.05, 3.63) is 52.9 Å². The Morgan fingerprint density at radius 3 is 2.74 bits per heavy atom. The molecule has 0 fully saturated rings. The molecule has 2 N–H and O–H groups in total. The molecule has 0 unspecified atom stereocenters. The Balaban J connectivity index is 2.00. The molecule has 5 nitrogen and oxygen atoms in total. The van der Waals surface area contributed by atoms with Gasteiger partial charge in [0.15, 0.2) is 11.7 Å². The summed E-state index contributed by atoms with van der Waals surface area (Å²) < 4.78 is 31.9. The average Bonchev–Trinajstić information content (AvgIpc) is 3.01. The molecule has 23 heavy (non-hydrogen) atoms. The van der Waals surface area contributed by atoms with E-state index < -0.39 is 11.6 Å². The van der Waals surface area contributed by atoms with Crippen LogP contribution in [0.25, 0.3) is 0 Å². The molecule has 124 valence electrons. The molecule has 2 rings (SSSR count). The maximum absolute atomic E-state index is 13.6. The van der Waals surface area contributed by atoms with E-state index in [4.69, 9.17) is 4.52 Å². The van der Waals surface area contributed by atoms with Crippen LogP contribution in [0, 0.1) is 11.6 Å². The fourth-order valence-electron chi connectivity index (χ4n) is 1.95. The van der Waals surface area contributed by atoms with Gasteiger partial charge in [-0.1, -0.05) is 12.1 Å². The van der Waals surface area contributed by atoms with E-state index in [0.717, 1.165) is 30.3 Å². The molecule has 1 aromatic heterocycles. The minimum Gasteiger partial charge on any atom is -0.359 e. The summed E-state index contributed by atoms with van der Waals surface area (Å²) in [4.78, 5) is 4.25. The van der Waals surface area contributed by atoms with E-state index in [9.17, 15) is 8.78 Å². The molecule has 0 aliphatic heterocycles. The first-order valence-corrected chi connectivity index (χ1v) is 7.53. The number of nitrogens with zero attached hydrogens (tertiary/aromatic N) is 2. The van der Waals surface area contributed by atoms with Crippen molar-refractivity contribution < 1.29 is 13.3 Å². The van der Waals surface area contributed by atoms with Crippen molar-refractivity contribution in [2.75, 3.05) is 6.54 Å². The van der Waals surface area contributed by atoms with Crippen LogP contribution in [0.1, 0.15) is 30.9 Å². The molecular weight excluding hydrogens is 302 g/mol. The Hall–Kier alpha value is -2.44. The van der Waals surface area contributed by atoms with Gasteiger partial charge in [-0.2, -0.15) is 0 Å². The Kier molecular flexibility index (Phi) is 6.08. The lowest BCUT2D eigenvalue weighted by Crippen LogP contribution is -2.36. The molecule has 0 bridgehead atoms. The fraction of sp³-hybridized carbons (Fsp3) is 0.375. The van der Waals surface area contributed by atoms with Crippen LogP contribution in [0.4, 0.5) is 8.78 Å². The van der Waals surface area contributed by atoms with Gasteiger partial charge in [-0.15, -0.1) is 0 Å². The topological polar surface area (TPSA) is 62.5 Å². The highest BCUT2D eigenvalue weighted by Crippen LogP contribution is 2.10. The maximum atomic E-state index is 13.6. The van der Waals surface area contributed by atoms with Crippen LogP contribution in [-0.4, -0.2) is 17.7 Å². The molecule has 2 aromatic rings. The van der Waals surface area contributed by atoms with Crippen molar-refractivity contribution in [3.8, 4) is 0 Å². The second-order valence-electron chi connectivity index (χ2n) is 4.92. The molecule has 0 spiro atoms. The first-order chi connectivity index (χ1) is 11.1. The van der Waals surface area contributed by atoms with E-state index in [1.807, 2.05) is 19.9 Å². The summed E-state index contributed by atoms with van der Waals surface area (Å²) >= 11 is 0. The number of hydrogen-bond donors (Lipinski definition) is 2. The molecule has 0 aliphatic carbocycles. The van der Waals surface area contributed by atoms with Crippen molar-refractivity contribution in [2.45, 2.75) is 33.4 Å². The molecular formula is C16H20F2N4O. The van der Waals surface area contributed by atoms with Gasteiger partial charge < -0.3 is 15.2 Å². The molecule has 0 aliphatic rings. The number of halogens is 2. The number of aromatic nitrogens is 1. The average molecular weight is 322 g/mol. The standard InChI is InChI=1S/C16H20F2N4O/c1-3-13-8-14(23-22-13)10-21-16(19-4-2)20-9-11-7-12(17)5-6-15(11)18/h5-8H,3-4,9-10H2,1-2H3,(H2,19,20,21). The zero-order chi connectivity index (χ0) is 16.7. The normalized spacial score (nSPS) is 11.6. The molecule has 0 atom stereocenters. The number of aliphatic imine (C=N–C) groups is 1. The van der Waals surface area contributed by atoms with Crippen molar-refractivity contribution >= 4 is 5.96 Å². The predicted octanol–water partition coefficient (Wildman–Crippen LogP) is 2.77. The molecule has 0 saturated heterocycles. The summed E-state index contributed by atoms with van der Waals surface area (Å²) in [5.74, 6) is 0.215. The minimum atomic E-state index is -0.483. The summed E-state index contributed by atoms with van der Waals surface area (Å²) in [6, 6.07) is 5.19. The highest BCUT2D eigenvalue weighted by atomic mass is 19.1. The van der Waals surface area contributed by atoms with E-state index in [1.54, 1.807) is 0 Å². The zero-order valence-corrected chi connectivity index (χ0v) is 13.2. The molecule has 1 heterocycles. The van der Waals surface area contributed by atoms with Gasteiger partial charge in [0.1, 0.15) is 11.6 Å². The summed E-state index contributed by atoms with van der Waals surface area (Å²) in [5, 5.41) is 10.0. The SMILES string of the molecule is CCNC(=NCc1cc(F)ccc1F)NCc1cc(CC)no1. The van der Waals surface area contributed by atoms with Crippen LogP contribution in [0.3, 0.4) is 0 Å². The van der Waals surface area contributed by atoms with Crippen LogP contribution in [0.2, 0.25) is 0 Å². The van der Waals surface area contributed by atoms with Gasteiger partial charge in [0.05, 0.1) is 18.8 Å². The van der Waals surface area contributed by atoms with Gasteiger partial charge in [0, 0.05) is 18.2 Å². The number of aryl methyl sites for hydroxylation is 1. The van der Waals surface area contributed by atoms with Crippen molar-refractivity contribution in [2.24, 2.45) is 4.99 Å². The van der Waals surface area contributed by atoms with Crippen molar-refractivity contribution in [1.29, 1.82) is 0 Å². The summed E-state index contributed by atoms with van der Waals surface area (Å²) in [7, 11) is 0. The van der Waals surface area contributed by atoms with E-state index in [2.05, 4.69) is 20.8 Å². The third-order valence-electron chi connectivity index (χ3n) is 3.16. The van der Waals surface area contributed by atoms with E-state index in [0.29, 0.717) is 24.8 Å². The second-order valence-corrected chi connectivity index (χ2v) is 4.92. The summed E-state index contributed by atoms with van der Waals surface area (Å²) in [5.41, 5.74) is 1.08. The summed E-state index contributed by atoms with van der Waals surface area (Å²) in [6.07, 6.45) is 0.802. The van der Waals surface area contributed by atoms with Gasteiger partial charge >= 0.3 is 0 Å². The lowest BCUT2D eigenvalue weighted by molar-refractivity contribution is 0.374. The Morgan fingerprint density at radius 1 is 1.22 bits per heavy atom. The first-order valence-electron chi connectivity index (χ1n) is 7.53. The number of guanidine groups is 1. The minimum absolute atomic E-state index is 0.0372. The largest absolute Gasteiger partial charge is 0.359 e. The molecule has 1 aromatic carbocycles. The Bertz CT molecular complexity index is 670. The van der Waals surface area contributed by atoms with Crippen LogP contribution in [0.5, 0.6) is 0 Å². The predicted molar refractivity (Wildman–Crippen MR) is 83.9 cm³/mol. The van der Waals surface area contributed by atoms with Crippen molar-refractivity contribution in [3.63, 3.8) is 0 Å². The van der Waals surface area contributed by atoms with Gasteiger partial charge in [-0.3, -0.25) is 0 Å². The van der Waals surface area contributed by atoms with Gasteiger partial charge in [0.2, 0.25) is 0 Å². The van der Waals surface area contributed by atoms with Crippen molar-refractivity contribution in [1.82, 2.24) is 15.8 Å². The highest BCUT2D eigenvalue weighted by molar-refractivity contribution is 5.79. The smallest absolute Gasteiger partial charge is 0.191 e. The number of rotatable bonds is 6. The van der Waals surface area contributed by atoms with Gasteiger partial charge in [-0.05, 0) is 31.5 Å². The van der Waals surface area contributed by atoms with E-state index in [-0.39, 0.29) is 12.1 Å². The lowest BCUT2D eigenvalue weighted by Gasteiger charge is -2.10. The molecule has 0 radical (unpaired) electrons. The van der Waals surface area contributed by atoms with Crippen LogP contribution >= 0.6 is 0 Å². The quantitative estimate of drug-likeness (QED) is 0.634. The summed E-state index contributed by atoms with van der Waals surface area (Å²) in [6.45, 7) is 5.01. The third-order valence-corrected chi connectivity index (χ3v) is 3.16. The van der Waals surface area contributed by atoms with Gasteiger partial charge in [0.25, 0.3) is 0 Å². The monoisotopic (exact) mass is 322 g/mol. The highest BCUT2D eigenvalue weighted by Gasteiger charge is 2.06. The molecule has 0 saturated carbocycles. The second kappa shape index (κ2) is 8.26. The molecule has 0 amide bonds. The van der Waals surface area contributed by atoms with E-state index >= 15 is 0 Å². The number of nitrogens with one attached hydrogen (secondary N) is 2. The molecule has 7 heteroatoms. The Morgan fingerprint density at radius 2 is 2.04 bits per heavy atom. The number of hydrogen-bond acceptors (Lipinski definition) is 3.